The summed E-state index contributed by atoms with van der Waals surface area (Å²) in [5.74, 6) is 0.474. The van der Waals surface area contributed by atoms with Gasteiger partial charge in [-0.1, -0.05) is 13.8 Å². The zero-order valence-electron chi connectivity index (χ0n) is 9.07. The summed E-state index contributed by atoms with van der Waals surface area (Å²) in [5.41, 5.74) is 4.46. The molecule has 74 valence electrons. The maximum Gasteiger partial charge on any atom is 0.158 e. The van der Waals surface area contributed by atoms with Crippen LogP contribution in [0.15, 0.2) is 12.4 Å². The Bertz CT molecular complexity index is 469. The molecule has 3 nitrogen and oxygen atoms in total. The highest BCUT2D eigenvalue weighted by atomic mass is 15.2. The average molecular weight is 189 g/mol. The van der Waals surface area contributed by atoms with Crippen LogP contribution >= 0.6 is 0 Å². The Morgan fingerprint density at radius 1 is 1.29 bits per heavy atom. The predicted octanol–water partition coefficient (Wildman–Crippen LogP) is 2.47. The molecule has 2 rings (SSSR count). The van der Waals surface area contributed by atoms with Crippen LogP contribution in [0.25, 0.3) is 5.65 Å². The van der Waals surface area contributed by atoms with Crippen LogP contribution in [0.3, 0.4) is 0 Å². The molecule has 0 unspecified atom stereocenters. The highest BCUT2D eigenvalue weighted by Gasteiger charge is 2.09. The van der Waals surface area contributed by atoms with Gasteiger partial charge in [0, 0.05) is 17.5 Å². The van der Waals surface area contributed by atoms with E-state index in [1.807, 2.05) is 23.8 Å². The van der Waals surface area contributed by atoms with Crippen LogP contribution in [0.4, 0.5) is 0 Å². The van der Waals surface area contributed by atoms with E-state index in [1.54, 1.807) is 0 Å². The van der Waals surface area contributed by atoms with Gasteiger partial charge >= 0.3 is 0 Å². The molecule has 0 fully saturated rings. The third-order valence-corrected chi connectivity index (χ3v) is 2.58. The van der Waals surface area contributed by atoms with Crippen LogP contribution in [0.5, 0.6) is 0 Å². The summed E-state index contributed by atoms with van der Waals surface area (Å²) >= 11 is 0. The summed E-state index contributed by atoms with van der Waals surface area (Å²) in [5, 5.41) is 4.30. The van der Waals surface area contributed by atoms with E-state index < -0.39 is 0 Å². The maximum atomic E-state index is 4.56. The number of hydrogen-bond acceptors (Lipinski definition) is 2. The van der Waals surface area contributed by atoms with Crippen LogP contribution in [-0.2, 0) is 0 Å². The second kappa shape index (κ2) is 3.08. The largest absolute Gasteiger partial charge is 0.233 e. The molecule has 0 aliphatic rings. The van der Waals surface area contributed by atoms with E-state index in [0.29, 0.717) is 5.92 Å². The fourth-order valence-corrected chi connectivity index (χ4v) is 1.51. The molecule has 0 aliphatic carbocycles. The molecule has 0 aromatic carbocycles. The van der Waals surface area contributed by atoms with Crippen molar-refractivity contribution in [3.63, 3.8) is 0 Å². The summed E-state index contributed by atoms with van der Waals surface area (Å²) in [4.78, 5) is 4.56. The van der Waals surface area contributed by atoms with Gasteiger partial charge in [-0.25, -0.2) is 9.50 Å². The van der Waals surface area contributed by atoms with Crippen LogP contribution in [0.1, 0.15) is 36.6 Å². The molecule has 0 N–H and O–H groups in total. The second-order valence-electron chi connectivity index (χ2n) is 4.03. The lowest BCUT2D eigenvalue weighted by atomic mass is 10.1. The molecule has 2 aromatic heterocycles. The second-order valence-corrected chi connectivity index (χ2v) is 4.03. The minimum Gasteiger partial charge on any atom is -0.233 e. The number of hydrogen-bond donors (Lipinski definition) is 0. The highest BCUT2D eigenvalue weighted by Crippen LogP contribution is 2.19. The highest BCUT2D eigenvalue weighted by molar-refractivity contribution is 5.49. The predicted molar refractivity (Wildman–Crippen MR) is 56.6 cm³/mol. The summed E-state index contributed by atoms with van der Waals surface area (Å²) in [6.07, 6.45) is 3.94. The first kappa shape index (κ1) is 9.19. The SMILES string of the molecule is Cc1cn2ncc(C(C)C)c2nc1C. The quantitative estimate of drug-likeness (QED) is 0.689. The molecule has 0 atom stereocenters. The number of nitrogens with zero attached hydrogens (tertiary/aromatic N) is 3. The fraction of sp³-hybridized carbons (Fsp3) is 0.455. The van der Waals surface area contributed by atoms with E-state index in [-0.39, 0.29) is 0 Å². The average Bonchev–Trinajstić information content (AvgIpc) is 2.48. The lowest BCUT2D eigenvalue weighted by Crippen LogP contribution is -1.97. The molecule has 14 heavy (non-hydrogen) atoms. The van der Waals surface area contributed by atoms with Crippen molar-refractivity contribution in [2.45, 2.75) is 33.6 Å². The van der Waals surface area contributed by atoms with Gasteiger partial charge in [0.05, 0.1) is 6.20 Å². The Hall–Kier alpha value is -1.38. The Morgan fingerprint density at radius 3 is 2.64 bits per heavy atom. The standard InChI is InChI=1S/C11H15N3/c1-7(2)10-5-12-14-6-8(3)9(4)13-11(10)14/h5-7H,1-4H3. The van der Waals surface area contributed by atoms with Gasteiger partial charge in [-0.15, -0.1) is 0 Å². The van der Waals surface area contributed by atoms with Crippen molar-refractivity contribution >= 4 is 5.65 Å². The number of aryl methyl sites for hydroxylation is 2. The zero-order valence-corrected chi connectivity index (χ0v) is 9.07. The molecule has 2 heterocycles. The summed E-state index contributed by atoms with van der Waals surface area (Å²) in [6.45, 7) is 8.41. The van der Waals surface area contributed by atoms with Crippen molar-refractivity contribution < 1.29 is 0 Å². The van der Waals surface area contributed by atoms with Crippen molar-refractivity contribution in [3.8, 4) is 0 Å². The van der Waals surface area contributed by atoms with Gasteiger partial charge in [0.25, 0.3) is 0 Å². The third kappa shape index (κ3) is 1.29. The molecule has 0 spiro atoms. The van der Waals surface area contributed by atoms with Crippen molar-refractivity contribution in [1.82, 2.24) is 14.6 Å². The zero-order chi connectivity index (χ0) is 10.3. The minimum atomic E-state index is 0.474. The van der Waals surface area contributed by atoms with E-state index in [1.165, 1.54) is 11.1 Å². The third-order valence-electron chi connectivity index (χ3n) is 2.58. The molecule has 3 heteroatoms. The molecular formula is C11H15N3. The van der Waals surface area contributed by atoms with Gasteiger partial charge in [-0.05, 0) is 25.3 Å². The molecule has 0 amide bonds. The first-order valence-electron chi connectivity index (χ1n) is 4.91. The number of rotatable bonds is 1. The first-order valence-corrected chi connectivity index (χ1v) is 4.91. The van der Waals surface area contributed by atoms with E-state index >= 15 is 0 Å². The van der Waals surface area contributed by atoms with Crippen LogP contribution < -0.4 is 0 Å². The van der Waals surface area contributed by atoms with Gasteiger partial charge in [-0.3, -0.25) is 0 Å². The van der Waals surface area contributed by atoms with Gasteiger partial charge < -0.3 is 0 Å². The van der Waals surface area contributed by atoms with E-state index in [4.69, 9.17) is 0 Å². The van der Waals surface area contributed by atoms with Crippen LogP contribution in [-0.4, -0.2) is 14.6 Å². The van der Waals surface area contributed by atoms with Crippen molar-refractivity contribution in [1.29, 1.82) is 0 Å². The number of aromatic nitrogens is 3. The van der Waals surface area contributed by atoms with Crippen molar-refractivity contribution in [2.24, 2.45) is 0 Å². The first-order chi connectivity index (χ1) is 6.59. The smallest absolute Gasteiger partial charge is 0.158 e. The van der Waals surface area contributed by atoms with E-state index in [0.717, 1.165) is 11.3 Å². The lowest BCUT2D eigenvalue weighted by Gasteiger charge is -2.03. The van der Waals surface area contributed by atoms with Crippen LogP contribution in [0, 0.1) is 13.8 Å². The Morgan fingerprint density at radius 2 is 2.00 bits per heavy atom. The Labute approximate surface area is 83.8 Å². The molecule has 0 bridgehead atoms. The van der Waals surface area contributed by atoms with E-state index in [9.17, 15) is 0 Å². The Balaban J connectivity index is 2.74. The topological polar surface area (TPSA) is 30.2 Å². The Kier molecular flexibility index (Phi) is 2.02. The van der Waals surface area contributed by atoms with Gasteiger partial charge in [0.15, 0.2) is 5.65 Å². The van der Waals surface area contributed by atoms with Gasteiger partial charge in [0.1, 0.15) is 0 Å². The van der Waals surface area contributed by atoms with Gasteiger partial charge in [0.2, 0.25) is 0 Å². The summed E-state index contributed by atoms with van der Waals surface area (Å²) in [7, 11) is 0. The fourth-order valence-electron chi connectivity index (χ4n) is 1.51. The summed E-state index contributed by atoms with van der Waals surface area (Å²) in [6, 6.07) is 0. The lowest BCUT2D eigenvalue weighted by molar-refractivity contribution is 0.869. The van der Waals surface area contributed by atoms with Crippen LogP contribution in [0.2, 0.25) is 0 Å². The van der Waals surface area contributed by atoms with Crippen molar-refractivity contribution in [2.75, 3.05) is 0 Å². The van der Waals surface area contributed by atoms with Crippen molar-refractivity contribution in [3.05, 3.63) is 29.2 Å². The molecule has 0 radical (unpaired) electrons. The number of fused-ring (bicyclic) bond motifs is 1. The molecule has 0 aliphatic heterocycles. The molecule has 2 aromatic rings. The molecule has 0 saturated carbocycles. The molecule has 0 saturated heterocycles. The molecular weight excluding hydrogens is 174 g/mol. The minimum absolute atomic E-state index is 0.474. The van der Waals surface area contributed by atoms with E-state index in [2.05, 4.69) is 30.9 Å². The monoisotopic (exact) mass is 189 g/mol. The van der Waals surface area contributed by atoms with Gasteiger partial charge in [-0.2, -0.15) is 5.10 Å². The normalized spacial score (nSPS) is 11.5. The maximum absolute atomic E-state index is 4.56. The summed E-state index contributed by atoms with van der Waals surface area (Å²) < 4.78 is 1.86.